The van der Waals surface area contributed by atoms with Crippen LogP contribution >= 0.6 is 0 Å². The van der Waals surface area contributed by atoms with E-state index in [4.69, 9.17) is 9.47 Å². The Morgan fingerprint density at radius 1 is 0.833 bits per heavy atom. The zero-order valence-corrected chi connectivity index (χ0v) is 10.6. The molecule has 0 atom stereocenters. The Kier molecular flexibility index (Phi) is 4.12. The summed E-state index contributed by atoms with van der Waals surface area (Å²) >= 11 is 0. The predicted molar refractivity (Wildman–Crippen MR) is 69.8 cm³/mol. The highest BCUT2D eigenvalue weighted by Crippen LogP contribution is 2.22. The van der Waals surface area contributed by atoms with E-state index in [1.165, 1.54) is 0 Å². The number of nitrogens with zero attached hydrogens (tertiary/aromatic N) is 2. The largest absolute Gasteiger partial charge is 0.494 e. The Balaban J connectivity index is 2.29. The fourth-order valence-electron chi connectivity index (χ4n) is 1.62. The molecule has 0 aliphatic carbocycles. The first kappa shape index (κ1) is 12.4. The molecule has 2 aromatic heterocycles. The van der Waals surface area contributed by atoms with Gasteiger partial charge in [-0.1, -0.05) is 0 Å². The third-order valence-corrected chi connectivity index (χ3v) is 2.35. The summed E-state index contributed by atoms with van der Waals surface area (Å²) in [6, 6.07) is 7.42. The van der Waals surface area contributed by atoms with Gasteiger partial charge in [-0.15, -0.1) is 0 Å². The van der Waals surface area contributed by atoms with Gasteiger partial charge in [0.2, 0.25) is 0 Å². The average Bonchev–Trinajstić information content (AvgIpc) is 2.40. The van der Waals surface area contributed by atoms with E-state index < -0.39 is 0 Å². The normalized spacial score (nSPS) is 10.1. The monoisotopic (exact) mass is 244 g/mol. The Labute approximate surface area is 107 Å². The quantitative estimate of drug-likeness (QED) is 0.811. The van der Waals surface area contributed by atoms with Crippen molar-refractivity contribution in [2.45, 2.75) is 13.8 Å². The molecule has 0 fully saturated rings. The number of hydrogen-bond donors (Lipinski definition) is 0. The van der Waals surface area contributed by atoms with Gasteiger partial charge in [-0.25, -0.2) is 0 Å². The highest BCUT2D eigenvalue weighted by molar-refractivity contribution is 5.57. The van der Waals surface area contributed by atoms with Gasteiger partial charge in [-0.2, -0.15) is 0 Å². The lowest BCUT2D eigenvalue weighted by Gasteiger charge is -2.07. The summed E-state index contributed by atoms with van der Waals surface area (Å²) in [6.07, 6.45) is 3.44. The first-order valence-electron chi connectivity index (χ1n) is 6.01. The van der Waals surface area contributed by atoms with Gasteiger partial charge in [0, 0.05) is 24.5 Å². The van der Waals surface area contributed by atoms with Crippen molar-refractivity contribution in [3.8, 4) is 22.9 Å². The van der Waals surface area contributed by atoms with Gasteiger partial charge in [0.1, 0.15) is 11.5 Å². The highest BCUT2D eigenvalue weighted by Gasteiger charge is 2.04. The van der Waals surface area contributed by atoms with E-state index >= 15 is 0 Å². The van der Waals surface area contributed by atoms with Crippen molar-refractivity contribution in [2.24, 2.45) is 0 Å². The van der Waals surface area contributed by atoms with Crippen LogP contribution in [0, 0.1) is 0 Å². The fraction of sp³-hybridized carbons (Fsp3) is 0.286. The molecule has 4 heteroatoms. The fourth-order valence-corrected chi connectivity index (χ4v) is 1.62. The number of aromatic nitrogens is 2. The maximum atomic E-state index is 5.45. The molecule has 0 N–H and O–H groups in total. The molecule has 2 rings (SSSR count). The highest BCUT2D eigenvalue weighted by atomic mass is 16.5. The molecule has 18 heavy (non-hydrogen) atoms. The zero-order chi connectivity index (χ0) is 12.8. The van der Waals surface area contributed by atoms with Crippen LogP contribution < -0.4 is 9.47 Å². The van der Waals surface area contributed by atoms with E-state index in [1.807, 2.05) is 38.1 Å². The van der Waals surface area contributed by atoms with Crippen LogP contribution in [0.3, 0.4) is 0 Å². The zero-order valence-electron chi connectivity index (χ0n) is 10.6. The Morgan fingerprint density at radius 2 is 1.28 bits per heavy atom. The first-order valence-corrected chi connectivity index (χ1v) is 6.01. The van der Waals surface area contributed by atoms with Crippen LogP contribution in [0.4, 0.5) is 0 Å². The summed E-state index contributed by atoms with van der Waals surface area (Å²) in [6.45, 7) is 5.17. The molecule has 0 unspecified atom stereocenters. The summed E-state index contributed by atoms with van der Waals surface area (Å²) in [4.78, 5) is 8.59. The van der Waals surface area contributed by atoms with E-state index in [9.17, 15) is 0 Å². The van der Waals surface area contributed by atoms with Crippen LogP contribution in [-0.2, 0) is 0 Å². The Hall–Kier alpha value is -2.10. The summed E-state index contributed by atoms with van der Waals surface area (Å²) in [5.74, 6) is 1.59. The maximum absolute atomic E-state index is 5.45. The van der Waals surface area contributed by atoms with Crippen molar-refractivity contribution in [1.29, 1.82) is 0 Å². The third-order valence-electron chi connectivity index (χ3n) is 2.35. The second-order valence-corrected chi connectivity index (χ2v) is 3.62. The van der Waals surface area contributed by atoms with Gasteiger partial charge >= 0.3 is 0 Å². The molecule has 0 aromatic carbocycles. The van der Waals surface area contributed by atoms with Gasteiger partial charge < -0.3 is 9.47 Å². The minimum absolute atomic E-state index is 0.635. The Bertz CT molecular complexity index is 467. The summed E-state index contributed by atoms with van der Waals surface area (Å²) in [7, 11) is 0. The van der Waals surface area contributed by atoms with Crippen molar-refractivity contribution in [1.82, 2.24) is 9.97 Å². The summed E-state index contributed by atoms with van der Waals surface area (Å²) in [5, 5.41) is 0. The van der Waals surface area contributed by atoms with Crippen LogP contribution in [0.25, 0.3) is 11.4 Å². The molecule has 0 bridgehead atoms. The number of ether oxygens (including phenoxy) is 2. The Morgan fingerprint density at radius 3 is 1.67 bits per heavy atom. The van der Waals surface area contributed by atoms with E-state index in [2.05, 4.69) is 9.97 Å². The van der Waals surface area contributed by atoms with Crippen molar-refractivity contribution in [2.75, 3.05) is 13.2 Å². The van der Waals surface area contributed by atoms with Crippen LogP contribution in [-0.4, -0.2) is 23.2 Å². The molecule has 2 aromatic rings. The van der Waals surface area contributed by atoms with E-state index in [-0.39, 0.29) is 0 Å². The van der Waals surface area contributed by atoms with Crippen molar-refractivity contribution in [3.63, 3.8) is 0 Å². The SMILES string of the molecule is CCOc1ccnc(-c2cc(OCC)ccn2)c1. The molecule has 0 saturated heterocycles. The molecule has 0 spiro atoms. The van der Waals surface area contributed by atoms with Crippen LogP contribution in [0.15, 0.2) is 36.7 Å². The third kappa shape index (κ3) is 2.97. The summed E-state index contributed by atoms with van der Waals surface area (Å²) in [5.41, 5.74) is 1.56. The minimum atomic E-state index is 0.635. The minimum Gasteiger partial charge on any atom is -0.494 e. The van der Waals surface area contributed by atoms with Crippen LogP contribution in [0.1, 0.15) is 13.8 Å². The van der Waals surface area contributed by atoms with Gasteiger partial charge in [-0.05, 0) is 26.0 Å². The van der Waals surface area contributed by atoms with Gasteiger partial charge in [0.05, 0.1) is 24.6 Å². The molecule has 0 aliphatic rings. The predicted octanol–water partition coefficient (Wildman–Crippen LogP) is 2.94. The smallest absolute Gasteiger partial charge is 0.123 e. The lowest BCUT2D eigenvalue weighted by molar-refractivity contribution is 0.339. The van der Waals surface area contributed by atoms with Crippen molar-refractivity contribution in [3.05, 3.63) is 36.7 Å². The first-order chi connectivity index (χ1) is 8.83. The van der Waals surface area contributed by atoms with E-state index in [0.717, 1.165) is 22.9 Å². The second kappa shape index (κ2) is 6.00. The molecule has 94 valence electrons. The lowest BCUT2D eigenvalue weighted by Crippen LogP contribution is -1.95. The molecule has 0 amide bonds. The van der Waals surface area contributed by atoms with Gasteiger partial charge in [-0.3, -0.25) is 9.97 Å². The lowest BCUT2D eigenvalue weighted by atomic mass is 10.2. The topological polar surface area (TPSA) is 44.2 Å². The number of rotatable bonds is 5. The van der Waals surface area contributed by atoms with Crippen molar-refractivity contribution >= 4 is 0 Å². The molecular weight excluding hydrogens is 228 g/mol. The number of pyridine rings is 2. The molecule has 0 saturated carbocycles. The molecule has 4 nitrogen and oxygen atoms in total. The van der Waals surface area contributed by atoms with E-state index in [1.54, 1.807) is 12.4 Å². The van der Waals surface area contributed by atoms with Gasteiger partial charge in [0.15, 0.2) is 0 Å². The number of hydrogen-bond acceptors (Lipinski definition) is 4. The average molecular weight is 244 g/mol. The molecule has 0 aliphatic heterocycles. The second-order valence-electron chi connectivity index (χ2n) is 3.62. The van der Waals surface area contributed by atoms with Crippen LogP contribution in [0.2, 0.25) is 0 Å². The van der Waals surface area contributed by atoms with E-state index in [0.29, 0.717) is 13.2 Å². The van der Waals surface area contributed by atoms with Gasteiger partial charge in [0.25, 0.3) is 0 Å². The molecular formula is C14H16N2O2. The maximum Gasteiger partial charge on any atom is 0.123 e. The van der Waals surface area contributed by atoms with Crippen LogP contribution in [0.5, 0.6) is 11.5 Å². The summed E-state index contributed by atoms with van der Waals surface area (Å²) < 4.78 is 10.9. The standard InChI is InChI=1S/C14H16N2O2/c1-3-17-11-5-7-15-13(9-11)14-10-12(18-4-2)6-8-16-14/h5-10H,3-4H2,1-2H3. The molecule has 2 heterocycles. The van der Waals surface area contributed by atoms with Crippen molar-refractivity contribution < 1.29 is 9.47 Å². The molecule has 0 radical (unpaired) electrons.